The molecule has 0 radical (unpaired) electrons. The summed E-state index contributed by atoms with van der Waals surface area (Å²) in [6.45, 7) is 3.86. The summed E-state index contributed by atoms with van der Waals surface area (Å²) in [5.41, 5.74) is 3.43. The molecule has 0 unspecified atom stereocenters. The van der Waals surface area contributed by atoms with E-state index in [0.717, 1.165) is 40.9 Å². The molecule has 0 atom stereocenters. The number of benzene rings is 1. The maximum absolute atomic E-state index is 12.5. The lowest BCUT2D eigenvalue weighted by Gasteiger charge is -2.06. The van der Waals surface area contributed by atoms with Crippen LogP contribution in [0.5, 0.6) is 0 Å². The van der Waals surface area contributed by atoms with Crippen LogP contribution in [-0.4, -0.2) is 36.6 Å². The second-order valence-electron chi connectivity index (χ2n) is 7.55. The maximum atomic E-state index is 12.5. The first-order valence-electron chi connectivity index (χ1n) is 10.1. The predicted molar refractivity (Wildman–Crippen MR) is 114 cm³/mol. The molecule has 1 saturated carbocycles. The number of para-hydroxylation sites is 1. The summed E-state index contributed by atoms with van der Waals surface area (Å²) >= 11 is 1.35. The van der Waals surface area contributed by atoms with Gasteiger partial charge in [0.25, 0.3) is 0 Å². The van der Waals surface area contributed by atoms with Crippen LogP contribution >= 0.6 is 11.8 Å². The van der Waals surface area contributed by atoms with E-state index in [0.29, 0.717) is 5.16 Å². The van der Waals surface area contributed by atoms with E-state index in [2.05, 4.69) is 25.6 Å². The Morgan fingerprint density at radius 2 is 2.00 bits per heavy atom. The van der Waals surface area contributed by atoms with E-state index < -0.39 is 0 Å². The Morgan fingerprint density at radius 3 is 2.76 bits per heavy atom. The van der Waals surface area contributed by atoms with Crippen molar-refractivity contribution in [1.82, 2.24) is 25.0 Å². The smallest absolute Gasteiger partial charge is 0.234 e. The summed E-state index contributed by atoms with van der Waals surface area (Å²) in [4.78, 5) is 17.0. The molecule has 0 aliphatic heterocycles. The number of amides is 1. The van der Waals surface area contributed by atoms with Gasteiger partial charge in [-0.3, -0.25) is 9.89 Å². The second-order valence-corrected chi connectivity index (χ2v) is 8.49. The zero-order chi connectivity index (χ0) is 20.2. The topological polar surface area (TPSA) is 88.5 Å². The average molecular weight is 411 g/mol. The van der Waals surface area contributed by atoms with E-state index >= 15 is 0 Å². The molecule has 2 N–H and O–H groups in total. The molecule has 1 aromatic carbocycles. The van der Waals surface area contributed by atoms with Crippen molar-refractivity contribution in [2.45, 2.75) is 51.1 Å². The molecule has 29 heavy (non-hydrogen) atoms. The third-order valence-corrected chi connectivity index (χ3v) is 6.20. The second kappa shape index (κ2) is 8.82. The molecular formula is C21H26N6OS. The van der Waals surface area contributed by atoms with Crippen molar-refractivity contribution in [3.05, 3.63) is 47.5 Å². The van der Waals surface area contributed by atoms with Gasteiger partial charge in [0, 0.05) is 6.42 Å². The first kappa shape index (κ1) is 19.7. The summed E-state index contributed by atoms with van der Waals surface area (Å²) in [7, 11) is 0. The number of carbonyl (C=O) groups is 1. The highest BCUT2D eigenvalue weighted by Gasteiger charge is 2.18. The van der Waals surface area contributed by atoms with E-state index in [-0.39, 0.29) is 11.7 Å². The van der Waals surface area contributed by atoms with Crippen LogP contribution < -0.4 is 5.32 Å². The van der Waals surface area contributed by atoms with Crippen molar-refractivity contribution >= 4 is 23.4 Å². The molecular weight excluding hydrogens is 384 g/mol. The molecule has 0 saturated heterocycles. The van der Waals surface area contributed by atoms with E-state index in [1.165, 1.54) is 37.4 Å². The summed E-state index contributed by atoms with van der Waals surface area (Å²) in [5, 5.41) is 15.5. The summed E-state index contributed by atoms with van der Waals surface area (Å²) in [5.74, 6) is 1.82. The Hall–Kier alpha value is -2.61. The van der Waals surface area contributed by atoms with Crippen molar-refractivity contribution in [1.29, 1.82) is 0 Å². The predicted octanol–water partition coefficient (Wildman–Crippen LogP) is 4.07. The number of H-pyrrole nitrogens is 1. The SMILES string of the molecule is Cc1nn(-c2ccccc2)c(C)c1NC(=O)CSc1n[nH]c(CC2CCCC2)n1. The Morgan fingerprint density at radius 1 is 1.24 bits per heavy atom. The number of rotatable bonds is 7. The van der Waals surface area contributed by atoms with E-state index in [4.69, 9.17) is 0 Å². The molecule has 0 bridgehead atoms. The van der Waals surface area contributed by atoms with Gasteiger partial charge in [-0.15, -0.1) is 5.10 Å². The highest BCUT2D eigenvalue weighted by molar-refractivity contribution is 7.99. The lowest BCUT2D eigenvalue weighted by atomic mass is 10.0. The van der Waals surface area contributed by atoms with Gasteiger partial charge in [0.15, 0.2) is 0 Å². The van der Waals surface area contributed by atoms with Crippen LogP contribution in [0, 0.1) is 19.8 Å². The number of aromatic nitrogens is 5. The van der Waals surface area contributed by atoms with Gasteiger partial charge >= 0.3 is 0 Å². The normalized spacial score (nSPS) is 14.4. The van der Waals surface area contributed by atoms with E-state index in [1.54, 1.807) is 0 Å². The average Bonchev–Trinajstić information content (AvgIpc) is 3.46. The molecule has 2 heterocycles. The minimum Gasteiger partial charge on any atom is -0.322 e. The molecule has 3 aromatic rings. The number of hydrogen-bond acceptors (Lipinski definition) is 5. The van der Waals surface area contributed by atoms with Crippen molar-refractivity contribution < 1.29 is 4.79 Å². The van der Waals surface area contributed by atoms with Crippen molar-refractivity contribution in [2.75, 3.05) is 11.1 Å². The molecule has 1 fully saturated rings. The van der Waals surface area contributed by atoms with Crippen molar-refractivity contribution in [3.8, 4) is 5.69 Å². The van der Waals surface area contributed by atoms with Gasteiger partial charge in [-0.2, -0.15) is 5.10 Å². The maximum Gasteiger partial charge on any atom is 0.234 e. The number of hydrogen-bond donors (Lipinski definition) is 2. The third-order valence-electron chi connectivity index (χ3n) is 5.36. The lowest BCUT2D eigenvalue weighted by Crippen LogP contribution is -2.15. The fourth-order valence-electron chi connectivity index (χ4n) is 3.87. The molecule has 2 aromatic heterocycles. The van der Waals surface area contributed by atoms with Crippen LogP contribution in [-0.2, 0) is 11.2 Å². The number of nitrogens with one attached hydrogen (secondary N) is 2. The fraction of sp³-hybridized carbons (Fsp3) is 0.429. The highest BCUT2D eigenvalue weighted by Crippen LogP contribution is 2.27. The summed E-state index contributed by atoms with van der Waals surface area (Å²) in [6.07, 6.45) is 6.15. The molecule has 1 aliphatic rings. The van der Waals surface area contributed by atoms with Gasteiger partial charge in [0.1, 0.15) is 5.82 Å². The van der Waals surface area contributed by atoms with Crippen LogP contribution in [0.3, 0.4) is 0 Å². The molecule has 1 aliphatic carbocycles. The first-order valence-corrected chi connectivity index (χ1v) is 11.0. The Kier molecular flexibility index (Phi) is 5.99. The zero-order valence-corrected chi connectivity index (χ0v) is 17.6. The highest BCUT2D eigenvalue weighted by atomic mass is 32.2. The van der Waals surface area contributed by atoms with Gasteiger partial charge < -0.3 is 5.32 Å². The minimum absolute atomic E-state index is 0.0871. The first-order chi connectivity index (χ1) is 14.1. The van der Waals surface area contributed by atoms with E-state index in [1.807, 2.05) is 48.9 Å². The number of nitrogens with zero attached hydrogens (tertiary/aromatic N) is 4. The Bertz CT molecular complexity index is 974. The van der Waals surface area contributed by atoms with Crippen molar-refractivity contribution in [2.24, 2.45) is 5.92 Å². The number of aromatic amines is 1. The molecule has 152 valence electrons. The number of anilines is 1. The molecule has 0 spiro atoms. The number of carbonyl (C=O) groups excluding carboxylic acids is 1. The molecule has 1 amide bonds. The standard InChI is InChI=1S/C21H26N6OS/c1-14-20(15(2)27(26-14)17-10-4-3-5-11-17)23-19(28)13-29-21-22-18(24-25-21)12-16-8-6-7-9-16/h3-5,10-11,16H,6-9,12-13H2,1-2H3,(H,23,28)(H,22,24,25). The zero-order valence-electron chi connectivity index (χ0n) is 16.8. The van der Waals surface area contributed by atoms with Crippen LogP contribution in [0.4, 0.5) is 5.69 Å². The summed E-state index contributed by atoms with van der Waals surface area (Å²) in [6, 6.07) is 9.90. The number of thioether (sulfide) groups is 1. The van der Waals surface area contributed by atoms with Gasteiger partial charge in [-0.1, -0.05) is 55.6 Å². The lowest BCUT2D eigenvalue weighted by molar-refractivity contribution is -0.113. The Labute approximate surface area is 174 Å². The van der Waals surface area contributed by atoms with Gasteiger partial charge in [0.2, 0.25) is 11.1 Å². The van der Waals surface area contributed by atoms with Crippen LogP contribution in [0.15, 0.2) is 35.5 Å². The van der Waals surface area contributed by atoms with Gasteiger partial charge in [-0.25, -0.2) is 9.67 Å². The van der Waals surface area contributed by atoms with Crippen LogP contribution in [0.25, 0.3) is 5.69 Å². The van der Waals surface area contributed by atoms with Crippen LogP contribution in [0.2, 0.25) is 0 Å². The quantitative estimate of drug-likeness (QED) is 0.573. The fourth-order valence-corrected chi connectivity index (χ4v) is 4.49. The van der Waals surface area contributed by atoms with Gasteiger partial charge in [0.05, 0.1) is 28.5 Å². The monoisotopic (exact) mass is 410 g/mol. The van der Waals surface area contributed by atoms with Gasteiger partial charge in [-0.05, 0) is 31.9 Å². The Balaban J connectivity index is 1.34. The third kappa shape index (κ3) is 4.70. The number of aryl methyl sites for hydroxylation is 1. The largest absolute Gasteiger partial charge is 0.322 e. The minimum atomic E-state index is -0.0871. The van der Waals surface area contributed by atoms with E-state index in [9.17, 15) is 4.79 Å². The summed E-state index contributed by atoms with van der Waals surface area (Å²) < 4.78 is 1.85. The van der Waals surface area contributed by atoms with Crippen molar-refractivity contribution in [3.63, 3.8) is 0 Å². The van der Waals surface area contributed by atoms with Crippen LogP contribution in [0.1, 0.15) is 42.9 Å². The molecule has 4 rings (SSSR count). The molecule has 7 nitrogen and oxygen atoms in total. The molecule has 8 heteroatoms.